The number of carbonyl (C=O) groups is 1. The average Bonchev–Trinajstić information content (AvgIpc) is 2.47. The number of hydrogen-bond acceptors (Lipinski definition) is 3. The molecule has 0 unspecified atom stereocenters. The first-order valence-electron chi connectivity index (χ1n) is 9.03. The van der Waals surface area contributed by atoms with E-state index >= 15 is 0 Å². The van der Waals surface area contributed by atoms with Crippen LogP contribution in [0.5, 0.6) is 0 Å². The normalized spacial score (nSPS) is 41.8. The van der Waals surface area contributed by atoms with E-state index in [-0.39, 0.29) is 18.0 Å². The van der Waals surface area contributed by atoms with Gasteiger partial charge in [-0.25, -0.2) is 0 Å². The lowest BCUT2D eigenvalue weighted by Crippen LogP contribution is -2.49. The lowest BCUT2D eigenvalue weighted by atomic mass is 9.77. The summed E-state index contributed by atoms with van der Waals surface area (Å²) in [6, 6.07) is 0. The molecule has 1 fully saturated rings. The second-order valence-corrected chi connectivity index (χ2v) is 7.78. The van der Waals surface area contributed by atoms with E-state index in [0.717, 1.165) is 38.5 Å². The maximum Gasteiger partial charge on any atom is 0.309 e. The SMILES string of the molecule is C/C1=C\CC[C@@](C)(O)[C@@H]2C[C@H](CC/C(C)=C/CC1)[C@@H](C)C(=O)O2. The molecule has 0 saturated carbocycles. The molecule has 130 valence electrons. The van der Waals surface area contributed by atoms with Gasteiger partial charge in [0.25, 0.3) is 0 Å². The third-order valence-electron chi connectivity index (χ3n) is 5.63. The van der Waals surface area contributed by atoms with Crippen LogP contribution < -0.4 is 0 Å². The molecule has 1 saturated heterocycles. The number of ether oxygens (including phenoxy) is 1. The molecule has 0 amide bonds. The highest BCUT2D eigenvalue weighted by Gasteiger charge is 2.43. The summed E-state index contributed by atoms with van der Waals surface area (Å²) in [5.74, 6) is 0.0909. The fourth-order valence-electron chi connectivity index (χ4n) is 3.65. The number of fused-ring (bicyclic) bond motifs is 2. The molecule has 1 aliphatic heterocycles. The molecule has 3 heteroatoms. The Morgan fingerprint density at radius 2 is 1.83 bits per heavy atom. The molecule has 0 radical (unpaired) electrons. The van der Waals surface area contributed by atoms with E-state index in [2.05, 4.69) is 26.0 Å². The van der Waals surface area contributed by atoms with E-state index in [0.29, 0.717) is 12.3 Å². The molecular formula is C20H32O3. The summed E-state index contributed by atoms with van der Waals surface area (Å²) in [5.41, 5.74) is 1.83. The minimum Gasteiger partial charge on any atom is -0.459 e. The van der Waals surface area contributed by atoms with Crippen LogP contribution in [0, 0.1) is 11.8 Å². The van der Waals surface area contributed by atoms with Crippen LogP contribution in [0.3, 0.4) is 0 Å². The van der Waals surface area contributed by atoms with Gasteiger partial charge in [-0.3, -0.25) is 4.79 Å². The first-order valence-corrected chi connectivity index (χ1v) is 9.03. The van der Waals surface area contributed by atoms with Gasteiger partial charge in [-0.1, -0.05) is 30.2 Å². The van der Waals surface area contributed by atoms with E-state index in [1.165, 1.54) is 11.1 Å². The quantitative estimate of drug-likeness (QED) is 0.526. The van der Waals surface area contributed by atoms with Gasteiger partial charge in [-0.05, 0) is 71.6 Å². The number of allylic oxidation sites excluding steroid dienone is 4. The maximum absolute atomic E-state index is 12.2. The molecule has 0 aromatic rings. The van der Waals surface area contributed by atoms with Crippen LogP contribution in [0.2, 0.25) is 0 Å². The zero-order chi connectivity index (χ0) is 17.0. The predicted molar refractivity (Wildman–Crippen MR) is 93.0 cm³/mol. The molecule has 0 spiro atoms. The molecule has 1 aliphatic carbocycles. The summed E-state index contributed by atoms with van der Waals surface area (Å²) in [7, 11) is 0. The number of rotatable bonds is 0. The lowest BCUT2D eigenvalue weighted by Gasteiger charge is -2.40. The molecule has 1 N–H and O–H groups in total. The van der Waals surface area contributed by atoms with Gasteiger partial charge in [0.2, 0.25) is 0 Å². The van der Waals surface area contributed by atoms with E-state index in [9.17, 15) is 9.90 Å². The smallest absolute Gasteiger partial charge is 0.309 e. The van der Waals surface area contributed by atoms with Crippen LogP contribution in [0.25, 0.3) is 0 Å². The Bertz CT molecular complexity index is 487. The molecule has 1 heterocycles. The average molecular weight is 320 g/mol. The minimum atomic E-state index is -0.945. The molecular weight excluding hydrogens is 288 g/mol. The summed E-state index contributed by atoms with van der Waals surface area (Å²) in [4.78, 5) is 12.2. The van der Waals surface area contributed by atoms with Gasteiger partial charge in [-0.15, -0.1) is 0 Å². The Morgan fingerprint density at radius 1 is 1.17 bits per heavy atom. The first kappa shape index (κ1) is 18.3. The Kier molecular flexibility index (Phi) is 6.07. The highest BCUT2D eigenvalue weighted by Crippen LogP contribution is 2.37. The van der Waals surface area contributed by atoms with Crippen LogP contribution in [0.15, 0.2) is 23.3 Å². The molecule has 2 bridgehead atoms. The van der Waals surface area contributed by atoms with E-state index < -0.39 is 5.60 Å². The summed E-state index contributed by atoms with van der Waals surface area (Å²) < 4.78 is 5.57. The molecule has 3 nitrogen and oxygen atoms in total. The van der Waals surface area contributed by atoms with Crippen molar-refractivity contribution in [2.24, 2.45) is 11.8 Å². The van der Waals surface area contributed by atoms with Crippen molar-refractivity contribution in [3.8, 4) is 0 Å². The van der Waals surface area contributed by atoms with Crippen molar-refractivity contribution < 1.29 is 14.6 Å². The lowest BCUT2D eigenvalue weighted by molar-refractivity contribution is -0.184. The Morgan fingerprint density at radius 3 is 2.57 bits per heavy atom. The number of carbonyl (C=O) groups excluding carboxylic acids is 1. The Balaban J connectivity index is 2.19. The van der Waals surface area contributed by atoms with Crippen LogP contribution in [0.4, 0.5) is 0 Å². The van der Waals surface area contributed by atoms with Crippen molar-refractivity contribution in [3.63, 3.8) is 0 Å². The number of hydrogen-bond donors (Lipinski definition) is 1. The standard InChI is InChI=1S/C20H32O3/c1-14-7-5-8-15(2)10-11-17-13-18(23-19(21)16(17)3)20(4,22)12-6-9-14/h8-9,16-18,22H,5-7,10-13H2,1-4H3/b14-9+,15-8+/t16-,17+,18+,20-/m1/s1. The zero-order valence-electron chi connectivity index (χ0n) is 15.1. The molecule has 0 aromatic heterocycles. The monoisotopic (exact) mass is 320 g/mol. The van der Waals surface area contributed by atoms with Crippen LogP contribution in [-0.2, 0) is 9.53 Å². The third kappa shape index (κ3) is 4.94. The van der Waals surface area contributed by atoms with Crippen molar-refractivity contribution in [1.82, 2.24) is 0 Å². The van der Waals surface area contributed by atoms with Crippen LogP contribution >= 0.6 is 0 Å². The second kappa shape index (κ2) is 7.65. The molecule has 2 rings (SSSR count). The highest BCUT2D eigenvalue weighted by molar-refractivity contribution is 5.73. The zero-order valence-corrected chi connectivity index (χ0v) is 15.1. The Hall–Kier alpha value is -1.09. The van der Waals surface area contributed by atoms with E-state index in [1.807, 2.05) is 13.8 Å². The fraction of sp³-hybridized carbons (Fsp3) is 0.750. The Labute approximate surface area is 140 Å². The molecule has 2 aliphatic rings. The van der Waals surface area contributed by atoms with Gasteiger partial charge in [-0.2, -0.15) is 0 Å². The van der Waals surface area contributed by atoms with Crippen molar-refractivity contribution in [2.45, 2.75) is 84.3 Å². The fourth-order valence-corrected chi connectivity index (χ4v) is 3.65. The topological polar surface area (TPSA) is 46.5 Å². The van der Waals surface area contributed by atoms with Gasteiger partial charge in [0.05, 0.1) is 11.5 Å². The number of aliphatic hydroxyl groups is 1. The van der Waals surface area contributed by atoms with Gasteiger partial charge in [0.1, 0.15) is 6.10 Å². The maximum atomic E-state index is 12.2. The molecule has 23 heavy (non-hydrogen) atoms. The van der Waals surface area contributed by atoms with Crippen molar-refractivity contribution in [2.75, 3.05) is 0 Å². The van der Waals surface area contributed by atoms with E-state index in [1.54, 1.807) is 0 Å². The van der Waals surface area contributed by atoms with Gasteiger partial charge >= 0.3 is 5.97 Å². The summed E-state index contributed by atoms with van der Waals surface area (Å²) in [6.07, 6.45) is 10.6. The van der Waals surface area contributed by atoms with Crippen molar-refractivity contribution >= 4 is 5.97 Å². The number of esters is 1. The highest BCUT2D eigenvalue weighted by atomic mass is 16.6. The second-order valence-electron chi connectivity index (χ2n) is 7.78. The predicted octanol–water partition coefficient (Wildman–Crippen LogP) is 4.55. The summed E-state index contributed by atoms with van der Waals surface area (Å²) in [6.45, 7) is 8.12. The summed E-state index contributed by atoms with van der Waals surface area (Å²) >= 11 is 0. The minimum absolute atomic E-state index is 0.0649. The molecule has 0 aromatic carbocycles. The van der Waals surface area contributed by atoms with Gasteiger partial charge in [0.15, 0.2) is 0 Å². The van der Waals surface area contributed by atoms with Crippen molar-refractivity contribution in [3.05, 3.63) is 23.3 Å². The van der Waals surface area contributed by atoms with Gasteiger partial charge < -0.3 is 9.84 Å². The van der Waals surface area contributed by atoms with Crippen LogP contribution in [0.1, 0.15) is 72.6 Å². The first-order chi connectivity index (χ1) is 10.8. The third-order valence-corrected chi connectivity index (χ3v) is 5.63. The van der Waals surface area contributed by atoms with Crippen LogP contribution in [-0.4, -0.2) is 22.8 Å². The summed E-state index contributed by atoms with van der Waals surface area (Å²) in [5, 5.41) is 10.8. The largest absolute Gasteiger partial charge is 0.459 e. The molecule has 4 atom stereocenters. The van der Waals surface area contributed by atoms with Crippen molar-refractivity contribution in [1.29, 1.82) is 0 Å². The van der Waals surface area contributed by atoms with Gasteiger partial charge in [0, 0.05) is 0 Å². The van der Waals surface area contributed by atoms with E-state index in [4.69, 9.17) is 4.74 Å².